The van der Waals surface area contributed by atoms with E-state index in [4.69, 9.17) is 0 Å². The normalized spacial score (nSPS) is 14.5. The number of anilines is 1. The highest BCUT2D eigenvalue weighted by Gasteiger charge is 2.18. The maximum atomic E-state index is 12.7. The Morgan fingerprint density at radius 1 is 0.958 bits per heavy atom. The number of hydrogen-bond acceptors (Lipinski definition) is 3. The minimum atomic E-state index is -0.0741. The Morgan fingerprint density at radius 2 is 1.62 bits per heavy atom. The summed E-state index contributed by atoms with van der Waals surface area (Å²) < 4.78 is 0. The van der Waals surface area contributed by atoms with Gasteiger partial charge in [-0.3, -0.25) is 9.59 Å². The number of amides is 1. The summed E-state index contributed by atoms with van der Waals surface area (Å²) in [5.74, 6) is 0.327. The van der Waals surface area contributed by atoms with Crippen molar-refractivity contribution >= 4 is 29.1 Å². The Labute approximate surface area is 146 Å². The van der Waals surface area contributed by atoms with Crippen molar-refractivity contribution in [3.8, 4) is 0 Å². The molecule has 1 aliphatic carbocycles. The molecule has 2 aromatic carbocycles. The number of thioether (sulfide) groups is 1. The van der Waals surface area contributed by atoms with Crippen LogP contribution in [0, 0.1) is 0 Å². The van der Waals surface area contributed by atoms with Gasteiger partial charge in [-0.05, 0) is 25.0 Å². The van der Waals surface area contributed by atoms with Crippen LogP contribution in [0.5, 0.6) is 0 Å². The van der Waals surface area contributed by atoms with Gasteiger partial charge in [0.15, 0.2) is 5.78 Å². The summed E-state index contributed by atoms with van der Waals surface area (Å²) >= 11 is 1.73. The minimum absolute atomic E-state index is 0.0415. The lowest BCUT2D eigenvalue weighted by Gasteiger charge is -2.12. The maximum Gasteiger partial charge on any atom is 0.234 e. The summed E-state index contributed by atoms with van der Waals surface area (Å²) in [7, 11) is 0. The number of carbonyl (C=O) groups is 2. The fourth-order valence-corrected chi connectivity index (χ4v) is 4.10. The second-order valence-corrected chi connectivity index (χ2v) is 7.30. The lowest BCUT2D eigenvalue weighted by molar-refractivity contribution is -0.113. The van der Waals surface area contributed by atoms with Crippen LogP contribution in [0.3, 0.4) is 0 Å². The molecule has 1 N–H and O–H groups in total. The van der Waals surface area contributed by atoms with Gasteiger partial charge in [-0.2, -0.15) is 0 Å². The number of hydrogen-bond donors (Lipinski definition) is 1. The second kappa shape index (κ2) is 8.15. The Bertz CT molecular complexity index is 709. The van der Waals surface area contributed by atoms with Gasteiger partial charge in [-0.15, -0.1) is 11.8 Å². The third-order valence-electron chi connectivity index (χ3n) is 4.23. The lowest BCUT2D eigenvalue weighted by atomic mass is 10.0. The smallest absolute Gasteiger partial charge is 0.234 e. The molecular weight excluding hydrogens is 318 g/mol. The molecule has 3 rings (SSSR count). The third kappa shape index (κ3) is 4.26. The molecule has 1 aliphatic rings. The third-order valence-corrected chi connectivity index (χ3v) is 5.61. The Hall–Kier alpha value is -2.07. The molecule has 0 heterocycles. The van der Waals surface area contributed by atoms with Crippen molar-refractivity contribution in [2.24, 2.45) is 0 Å². The van der Waals surface area contributed by atoms with Crippen LogP contribution < -0.4 is 5.32 Å². The average Bonchev–Trinajstić information content (AvgIpc) is 3.14. The van der Waals surface area contributed by atoms with Gasteiger partial charge >= 0.3 is 0 Å². The van der Waals surface area contributed by atoms with Crippen molar-refractivity contribution in [2.75, 3.05) is 11.1 Å². The molecule has 124 valence electrons. The number of ketones is 1. The average molecular weight is 339 g/mol. The van der Waals surface area contributed by atoms with E-state index < -0.39 is 0 Å². The Balaban J connectivity index is 1.67. The highest BCUT2D eigenvalue weighted by atomic mass is 32.2. The van der Waals surface area contributed by atoms with Crippen LogP contribution >= 0.6 is 11.8 Å². The molecule has 0 spiro atoms. The zero-order valence-electron chi connectivity index (χ0n) is 13.5. The van der Waals surface area contributed by atoms with Gasteiger partial charge in [0.1, 0.15) is 0 Å². The second-order valence-electron chi connectivity index (χ2n) is 6.01. The van der Waals surface area contributed by atoms with Crippen molar-refractivity contribution in [2.45, 2.75) is 30.9 Å². The van der Waals surface area contributed by atoms with Crippen LogP contribution in [0.1, 0.15) is 41.6 Å². The van der Waals surface area contributed by atoms with Crippen LogP contribution in [-0.4, -0.2) is 22.7 Å². The quantitative estimate of drug-likeness (QED) is 0.786. The topological polar surface area (TPSA) is 46.2 Å². The monoisotopic (exact) mass is 339 g/mol. The summed E-state index contributed by atoms with van der Waals surface area (Å²) in [6, 6.07) is 16.3. The molecule has 4 heteroatoms. The molecule has 2 aromatic rings. The maximum absolute atomic E-state index is 12.7. The molecule has 0 saturated heterocycles. The van der Waals surface area contributed by atoms with Crippen molar-refractivity contribution in [3.63, 3.8) is 0 Å². The zero-order valence-corrected chi connectivity index (χ0v) is 14.4. The number of benzene rings is 2. The van der Waals surface area contributed by atoms with Gasteiger partial charge in [-0.25, -0.2) is 0 Å². The predicted octanol–water partition coefficient (Wildman–Crippen LogP) is 4.53. The Morgan fingerprint density at radius 3 is 2.38 bits per heavy atom. The fourth-order valence-electron chi connectivity index (χ4n) is 2.97. The lowest BCUT2D eigenvalue weighted by Crippen LogP contribution is -2.18. The molecule has 0 radical (unpaired) electrons. The largest absolute Gasteiger partial charge is 0.325 e. The zero-order chi connectivity index (χ0) is 16.8. The predicted molar refractivity (Wildman–Crippen MR) is 99.7 cm³/mol. The number of para-hydroxylation sites is 1. The van der Waals surface area contributed by atoms with Crippen LogP contribution in [0.15, 0.2) is 54.6 Å². The van der Waals surface area contributed by atoms with Gasteiger partial charge in [0.2, 0.25) is 5.91 Å². The first kappa shape index (κ1) is 16.8. The first-order valence-electron chi connectivity index (χ1n) is 8.34. The standard InChI is InChI=1S/C20H21NO2S/c22-19(14-24-16-10-4-5-11-16)21-18-13-7-6-12-17(18)20(23)15-8-2-1-3-9-15/h1-3,6-9,12-13,16H,4-5,10-11,14H2,(H,21,22). The van der Waals surface area contributed by atoms with Crippen LogP contribution in [0.4, 0.5) is 5.69 Å². The molecule has 24 heavy (non-hydrogen) atoms. The van der Waals surface area contributed by atoms with Gasteiger partial charge in [0.25, 0.3) is 0 Å². The summed E-state index contributed by atoms with van der Waals surface area (Å²) in [6.45, 7) is 0. The van der Waals surface area contributed by atoms with Crippen molar-refractivity contribution in [1.82, 2.24) is 0 Å². The van der Waals surface area contributed by atoms with Gasteiger partial charge < -0.3 is 5.32 Å². The summed E-state index contributed by atoms with van der Waals surface area (Å²) in [4.78, 5) is 24.9. The molecule has 1 saturated carbocycles. The van der Waals surface area contributed by atoms with Crippen molar-refractivity contribution in [3.05, 3.63) is 65.7 Å². The molecule has 0 unspecified atom stereocenters. The number of rotatable bonds is 6. The van der Waals surface area contributed by atoms with Crippen LogP contribution in [0.2, 0.25) is 0 Å². The number of nitrogens with one attached hydrogen (secondary N) is 1. The van der Waals surface area contributed by atoms with Gasteiger partial charge in [0.05, 0.1) is 11.4 Å². The van der Waals surface area contributed by atoms with Crippen molar-refractivity contribution in [1.29, 1.82) is 0 Å². The SMILES string of the molecule is O=C(CSC1CCCC1)Nc1ccccc1C(=O)c1ccccc1. The van der Waals surface area contributed by atoms with Gasteiger partial charge in [-0.1, -0.05) is 55.3 Å². The summed E-state index contributed by atoms with van der Waals surface area (Å²) in [5.41, 5.74) is 1.74. The van der Waals surface area contributed by atoms with E-state index in [0.717, 1.165) is 0 Å². The summed E-state index contributed by atoms with van der Waals surface area (Å²) in [6.07, 6.45) is 4.96. The molecule has 0 bridgehead atoms. The highest BCUT2D eigenvalue weighted by Crippen LogP contribution is 2.29. The fraction of sp³-hybridized carbons (Fsp3) is 0.300. The van der Waals surface area contributed by atoms with E-state index in [2.05, 4.69) is 5.32 Å². The molecule has 0 atom stereocenters. The van der Waals surface area contributed by atoms with E-state index in [9.17, 15) is 9.59 Å². The number of carbonyl (C=O) groups excluding carboxylic acids is 2. The molecule has 0 aromatic heterocycles. The highest BCUT2D eigenvalue weighted by molar-refractivity contribution is 8.00. The minimum Gasteiger partial charge on any atom is -0.325 e. The van der Waals surface area contributed by atoms with E-state index in [0.29, 0.717) is 27.8 Å². The van der Waals surface area contributed by atoms with Gasteiger partial charge in [0, 0.05) is 16.4 Å². The molecule has 1 fully saturated rings. The van der Waals surface area contributed by atoms with E-state index in [1.807, 2.05) is 30.3 Å². The molecule has 1 amide bonds. The van der Waals surface area contributed by atoms with Crippen LogP contribution in [0.25, 0.3) is 0 Å². The van der Waals surface area contributed by atoms with E-state index >= 15 is 0 Å². The molecular formula is C20H21NO2S. The molecule has 3 nitrogen and oxygen atoms in total. The van der Waals surface area contributed by atoms with Crippen LogP contribution in [-0.2, 0) is 4.79 Å². The van der Waals surface area contributed by atoms with E-state index in [-0.39, 0.29) is 11.7 Å². The Kier molecular flexibility index (Phi) is 5.70. The van der Waals surface area contributed by atoms with E-state index in [1.165, 1.54) is 25.7 Å². The van der Waals surface area contributed by atoms with Crippen molar-refractivity contribution < 1.29 is 9.59 Å². The molecule has 0 aliphatic heterocycles. The van der Waals surface area contributed by atoms with E-state index in [1.54, 1.807) is 36.0 Å². The first-order chi connectivity index (χ1) is 11.7. The summed E-state index contributed by atoms with van der Waals surface area (Å²) in [5, 5.41) is 3.51. The first-order valence-corrected chi connectivity index (χ1v) is 9.39.